The summed E-state index contributed by atoms with van der Waals surface area (Å²) >= 11 is 0. The SMILES string of the molecule is OCC(CO)(Cc1c(F)cccc1F)c1cccc(F)c1. The minimum absolute atomic E-state index is 0.245. The molecule has 112 valence electrons. The van der Waals surface area contributed by atoms with Crippen LogP contribution in [0.1, 0.15) is 11.1 Å². The van der Waals surface area contributed by atoms with Crippen LogP contribution < -0.4 is 0 Å². The van der Waals surface area contributed by atoms with Crippen LogP contribution in [0.5, 0.6) is 0 Å². The highest BCUT2D eigenvalue weighted by Gasteiger charge is 2.33. The molecule has 0 saturated heterocycles. The van der Waals surface area contributed by atoms with Gasteiger partial charge in [-0.15, -0.1) is 0 Å². The van der Waals surface area contributed by atoms with E-state index in [1.54, 1.807) is 0 Å². The van der Waals surface area contributed by atoms with Crippen LogP contribution in [-0.2, 0) is 11.8 Å². The average molecular weight is 296 g/mol. The maximum atomic E-state index is 13.8. The molecule has 2 rings (SSSR count). The van der Waals surface area contributed by atoms with Gasteiger partial charge in [0.25, 0.3) is 0 Å². The molecule has 2 nitrogen and oxygen atoms in total. The summed E-state index contributed by atoms with van der Waals surface area (Å²) in [5, 5.41) is 19.3. The third-order valence-corrected chi connectivity index (χ3v) is 3.62. The lowest BCUT2D eigenvalue weighted by Crippen LogP contribution is -2.38. The van der Waals surface area contributed by atoms with Crippen molar-refractivity contribution in [3.8, 4) is 0 Å². The van der Waals surface area contributed by atoms with Gasteiger partial charge in [-0.1, -0.05) is 18.2 Å². The molecule has 0 aliphatic rings. The second kappa shape index (κ2) is 6.28. The fraction of sp³-hybridized carbons (Fsp3) is 0.250. The molecular formula is C16H15F3O2. The van der Waals surface area contributed by atoms with Crippen molar-refractivity contribution in [2.45, 2.75) is 11.8 Å². The van der Waals surface area contributed by atoms with Crippen molar-refractivity contribution in [2.75, 3.05) is 13.2 Å². The van der Waals surface area contributed by atoms with E-state index in [0.29, 0.717) is 0 Å². The summed E-state index contributed by atoms with van der Waals surface area (Å²) in [6.45, 7) is -1.14. The topological polar surface area (TPSA) is 40.5 Å². The van der Waals surface area contributed by atoms with E-state index in [1.165, 1.54) is 24.3 Å². The molecule has 0 saturated carbocycles. The first-order chi connectivity index (χ1) is 10.0. The Morgan fingerprint density at radius 2 is 1.43 bits per heavy atom. The predicted molar refractivity (Wildman–Crippen MR) is 72.3 cm³/mol. The van der Waals surface area contributed by atoms with Crippen LogP contribution >= 0.6 is 0 Å². The Bertz CT molecular complexity index is 604. The third kappa shape index (κ3) is 3.09. The lowest BCUT2D eigenvalue weighted by Gasteiger charge is -2.31. The highest BCUT2D eigenvalue weighted by Crippen LogP contribution is 2.30. The molecule has 0 aliphatic heterocycles. The number of aliphatic hydroxyl groups excluding tert-OH is 2. The van der Waals surface area contributed by atoms with Crippen LogP contribution in [0.4, 0.5) is 13.2 Å². The molecule has 0 heterocycles. The Morgan fingerprint density at radius 1 is 0.857 bits per heavy atom. The lowest BCUT2D eigenvalue weighted by molar-refractivity contribution is 0.114. The van der Waals surface area contributed by atoms with Gasteiger partial charge in [-0.05, 0) is 36.2 Å². The van der Waals surface area contributed by atoms with E-state index < -0.39 is 36.1 Å². The summed E-state index contributed by atoms with van der Waals surface area (Å²) in [7, 11) is 0. The molecule has 0 spiro atoms. The van der Waals surface area contributed by atoms with E-state index >= 15 is 0 Å². The Balaban J connectivity index is 2.48. The minimum atomic E-state index is -1.36. The van der Waals surface area contributed by atoms with Gasteiger partial charge in [0.2, 0.25) is 0 Å². The molecule has 2 aromatic rings. The minimum Gasteiger partial charge on any atom is -0.395 e. The van der Waals surface area contributed by atoms with Crippen molar-refractivity contribution in [1.82, 2.24) is 0 Å². The van der Waals surface area contributed by atoms with Crippen LogP contribution in [0.3, 0.4) is 0 Å². The molecule has 5 heteroatoms. The van der Waals surface area contributed by atoms with Gasteiger partial charge in [0, 0.05) is 11.0 Å². The number of aliphatic hydroxyl groups is 2. The molecule has 0 radical (unpaired) electrons. The van der Waals surface area contributed by atoms with E-state index in [4.69, 9.17) is 0 Å². The molecule has 0 amide bonds. The van der Waals surface area contributed by atoms with Gasteiger partial charge in [-0.25, -0.2) is 13.2 Å². The van der Waals surface area contributed by atoms with Gasteiger partial charge in [-0.2, -0.15) is 0 Å². The molecule has 2 aromatic carbocycles. The molecule has 2 N–H and O–H groups in total. The fourth-order valence-corrected chi connectivity index (χ4v) is 2.30. The van der Waals surface area contributed by atoms with E-state index in [-0.39, 0.29) is 17.5 Å². The van der Waals surface area contributed by atoms with Crippen LogP contribution in [0.2, 0.25) is 0 Å². The first-order valence-corrected chi connectivity index (χ1v) is 6.43. The summed E-state index contributed by atoms with van der Waals surface area (Å²) in [4.78, 5) is 0. The van der Waals surface area contributed by atoms with E-state index in [0.717, 1.165) is 18.2 Å². The summed E-state index contributed by atoms with van der Waals surface area (Å²) in [6, 6.07) is 8.72. The Hall–Kier alpha value is -1.85. The van der Waals surface area contributed by atoms with Crippen LogP contribution in [0, 0.1) is 17.5 Å². The molecule has 0 atom stereocenters. The zero-order chi connectivity index (χ0) is 15.5. The lowest BCUT2D eigenvalue weighted by atomic mass is 9.76. The van der Waals surface area contributed by atoms with Crippen molar-refractivity contribution in [1.29, 1.82) is 0 Å². The standard InChI is InChI=1S/C16H15F3O2/c17-12-4-1-3-11(7-12)16(9-20,10-21)8-13-14(18)5-2-6-15(13)19/h1-7,20-21H,8-10H2. The van der Waals surface area contributed by atoms with E-state index in [1.807, 2.05) is 0 Å². The molecule has 0 aromatic heterocycles. The maximum absolute atomic E-state index is 13.8. The highest BCUT2D eigenvalue weighted by atomic mass is 19.1. The quantitative estimate of drug-likeness (QED) is 0.890. The van der Waals surface area contributed by atoms with Gasteiger partial charge < -0.3 is 10.2 Å². The largest absolute Gasteiger partial charge is 0.395 e. The number of hydrogen-bond acceptors (Lipinski definition) is 2. The molecule has 0 bridgehead atoms. The monoisotopic (exact) mass is 296 g/mol. The Morgan fingerprint density at radius 3 is 1.95 bits per heavy atom. The van der Waals surface area contributed by atoms with Gasteiger partial charge in [0.1, 0.15) is 17.5 Å². The molecule has 0 aliphatic carbocycles. The maximum Gasteiger partial charge on any atom is 0.129 e. The number of hydrogen-bond donors (Lipinski definition) is 2. The van der Waals surface area contributed by atoms with Crippen LogP contribution in [-0.4, -0.2) is 23.4 Å². The summed E-state index contributed by atoms with van der Waals surface area (Å²) in [5.41, 5.74) is -1.31. The van der Waals surface area contributed by atoms with Gasteiger partial charge in [0.15, 0.2) is 0 Å². The van der Waals surface area contributed by atoms with Gasteiger partial charge in [0.05, 0.1) is 13.2 Å². The number of rotatable bonds is 5. The third-order valence-electron chi connectivity index (χ3n) is 3.62. The second-order valence-corrected chi connectivity index (χ2v) is 4.98. The Kier molecular flexibility index (Phi) is 4.65. The summed E-state index contributed by atoms with van der Waals surface area (Å²) < 4.78 is 40.9. The normalized spacial score (nSPS) is 11.7. The van der Waals surface area contributed by atoms with Crippen LogP contribution in [0.15, 0.2) is 42.5 Å². The van der Waals surface area contributed by atoms with E-state index in [9.17, 15) is 23.4 Å². The number of benzene rings is 2. The van der Waals surface area contributed by atoms with Crippen molar-refractivity contribution in [3.05, 3.63) is 71.0 Å². The first kappa shape index (κ1) is 15.5. The Labute approximate surface area is 120 Å². The van der Waals surface area contributed by atoms with Crippen molar-refractivity contribution >= 4 is 0 Å². The first-order valence-electron chi connectivity index (χ1n) is 6.43. The average Bonchev–Trinajstić information content (AvgIpc) is 2.48. The zero-order valence-electron chi connectivity index (χ0n) is 11.2. The summed E-state index contributed by atoms with van der Waals surface area (Å²) in [5.74, 6) is -2.08. The zero-order valence-corrected chi connectivity index (χ0v) is 11.2. The number of halogens is 3. The highest BCUT2D eigenvalue weighted by molar-refractivity contribution is 5.31. The molecular weight excluding hydrogens is 281 g/mol. The predicted octanol–water partition coefficient (Wildman–Crippen LogP) is 2.57. The van der Waals surface area contributed by atoms with Crippen molar-refractivity contribution in [3.63, 3.8) is 0 Å². The van der Waals surface area contributed by atoms with E-state index in [2.05, 4.69) is 0 Å². The smallest absolute Gasteiger partial charge is 0.129 e. The van der Waals surface area contributed by atoms with Gasteiger partial charge in [-0.3, -0.25) is 0 Å². The van der Waals surface area contributed by atoms with Gasteiger partial charge >= 0.3 is 0 Å². The van der Waals surface area contributed by atoms with Crippen molar-refractivity contribution in [2.24, 2.45) is 0 Å². The summed E-state index contributed by atoms with van der Waals surface area (Å²) in [6.07, 6.45) is -0.276. The fourth-order valence-electron chi connectivity index (χ4n) is 2.30. The van der Waals surface area contributed by atoms with Crippen molar-refractivity contribution < 1.29 is 23.4 Å². The molecule has 0 unspecified atom stereocenters. The molecule has 21 heavy (non-hydrogen) atoms. The molecule has 0 fully saturated rings. The second-order valence-electron chi connectivity index (χ2n) is 4.98. The van der Waals surface area contributed by atoms with Crippen LogP contribution in [0.25, 0.3) is 0 Å².